The van der Waals surface area contributed by atoms with E-state index in [1.165, 1.54) is 5.56 Å². The molecule has 0 aliphatic heterocycles. The Morgan fingerprint density at radius 2 is 1.96 bits per heavy atom. The number of anilines is 1. The molecule has 1 aromatic heterocycles. The van der Waals surface area contributed by atoms with Crippen LogP contribution in [0.15, 0.2) is 12.1 Å². The van der Waals surface area contributed by atoms with Crippen LogP contribution in [0.2, 0.25) is 0 Å². The van der Waals surface area contributed by atoms with Gasteiger partial charge in [-0.05, 0) is 61.7 Å². The third kappa shape index (κ3) is 3.59. The highest BCUT2D eigenvalue weighted by atomic mass is 16.5. The van der Waals surface area contributed by atoms with Crippen LogP contribution in [0.4, 0.5) is 5.95 Å². The monoisotopic (exact) mass is 329 g/mol. The zero-order valence-corrected chi connectivity index (χ0v) is 14.7. The van der Waals surface area contributed by atoms with Gasteiger partial charge in [0.05, 0.1) is 5.10 Å². The van der Waals surface area contributed by atoms with Crippen LogP contribution in [-0.2, 0) is 12.8 Å². The fourth-order valence-corrected chi connectivity index (χ4v) is 3.58. The molecule has 0 unspecified atom stereocenters. The van der Waals surface area contributed by atoms with Crippen molar-refractivity contribution in [1.29, 1.82) is 0 Å². The van der Waals surface area contributed by atoms with Gasteiger partial charge in [0.2, 0.25) is 0 Å². The van der Waals surface area contributed by atoms with Gasteiger partial charge < -0.3 is 15.4 Å². The van der Waals surface area contributed by atoms with E-state index >= 15 is 0 Å². The molecule has 6 heteroatoms. The second-order valence-corrected chi connectivity index (χ2v) is 6.50. The molecule has 6 nitrogen and oxygen atoms in total. The minimum atomic E-state index is 0.420. The van der Waals surface area contributed by atoms with E-state index in [1.807, 2.05) is 6.07 Å². The lowest BCUT2D eigenvalue weighted by atomic mass is 10.1. The van der Waals surface area contributed by atoms with Crippen LogP contribution in [0.5, 0.6) is 0 Å². The first-order valence-electron chi connectivity index (χ1n) is 9.11. The van der Waals surface area contributed by atoms with Gasteiger partial charge in [-0.25, -0.2) is 4.98 Å². The van der Waals surface area contributed by atoms with E-state index in [2.05, 4.69) is 40.2 Å². The Hall–Kier alpha value is -1.95. The average Bonchev–Trinajstić information content (AvgIpc) is 3.03. The number of aryl methyl sites for hydroxylation is 2. The van der Waals surface area contributed by atoms with E-state index < -0.39 is 0 Å². The number of rotatable bonds is 8. The molecule has 130 valence electrons. The van der Waals surface area contributed by atoms with Crippen molar-refractivity contribution >= 4 is 17.0 Å². The summed E-state index contributed by atoms with van der Waals surface area (Å²) in [5.74, 6) is 0.420. The summed E-state index contributed by atoms with van der Waals surface area (Å²) in [7, 11) is 0. The fraction of sp³-hybridized carbons (Fsp3) is 0.611. The van der Waals surface area contributed by atoms with Crippen molar-refractivity contribution in [2.45, 2.75) is 46.0 Å². The van der Waals surface area contributed by atoms with Crippen LogP contribution in [0.1, 0.15) is 44.2 Å². The normalized spacial score (nSPS) is 13.6. The minimum absolute atomic E-state index is 0.420. The first-order chi connectivity index (χ1) is 11.7. The van der Waals surface area contributed by atoms with Crippen LogP contribution in [0.25, 0.3) is 11.0 Å². The van der Waals surface area contributed by atoms with Gasteiger partial charge in [-0.3, -0.25) is 0 Å². The van der Waals surface area contributed by atoms with Gasteiger partial charge in [-0.15, -0.1) is 0 Å². The van der Waals surface area contributed by atoms with Crippen molar-refractivity contribution in [3.05, 3.63) is 28.5 Å². The maximum atomic E-state index is 12.4. The summed E-state index contributed by atoms with van der Waals surface area (Å²) < 4.78 is 0. The van der Waals surface area contributed by atoms with Gasteiger partial charge >= 0.3 is 0 Å². The molecule has 1 heterocycles. The van der Waals surface area contributed by atoms with Crippen molar-refractivity contribution in [3.63, 3.8) is 0 Å². The lowest BCUT2D eigenvalue weighted by Gasteiger charge is -2.20. The summed E-state index contributed by atoms with van der Waals surface area (Å²) in [5.41, 5.74) is 3.79. The van der Waals surface area contributed by atoms with Crippen LogP contribution in [-0.4, -0.2) is 41.2 Å². The van der Waals surface area contributed by atoms with Gasteiger partial charge in [0.25, 0.3) is 11.5 Å². The highest BCUT2D eigenvalue weighted by molar-refractivity contribution is 5.77. The lowest BCUT2D eigenvalue weighted by molar-refractivity contribution is -0.642. The van der Waals surface area contributed by atoms with Crippen LogP contribution < -0.4 is 10.2 Å². The fourth-order valence-electron chi connectivity index (χ4n) is 3.58. The first kappa shape index (κ1) is 16.9. The van der Waals surface area contributed by atoms with Crippen LogP contribution in [0.3, 0.4) is 0 Å². The van der Waals surface area contributed by atoms with Gasteiger partial charge in [-0.1, -0.05) is 19.9 Å². The number of aromatic nitrogens is 3. The molecule has 0 amide bonds. The van der Waals surface area contributed by atoms with Crippen molar-refractivity contribution < 1.29 is 4.85 Å². The predicted octanol–water partition coefficient (Wildman–Crippen LogP) is 2.29. The number of hydrogen-bond donors (Lipinski definition) is 1. The zero-order valence-electron chi connectivity index (χ0n) is 14.7. The Kier molecular flexibility index (Phi) is 5.45. The minimum Gasteiger partial charge on any atom is -0.594 e. The van der Waals surface area contributed by atoms with Crippen LogP contribution in [0, 0.1) is 5.21 Å². The van der Waals surface area contributed by atoms with Gasteiger partial charge in [0.1, 0.15) is 5.52 Å². The standard InChI is InChI=1S/C18H27N5O/c1-3-11-22(12-4-2)13-10-19-18-20-16-9-8-14-6-5-7-15(14)17(16)23(24)21-18/h8-9H,3-7,10-13H2,1-2H3,(H,19,20,21). The quantitative estimate of drug-likeness (QED) is 0.594. The van der Waals surface area contributed by atoms with Crippen LogP contribution >= 0.6 is 0 Å². The van der Waals surface area contributed by atoms with E-state index in [0.29, 0.717) is 11.5 Å². The molecule has 1 aliphatic rings. The molecule has 0 saturated carbocycles. The largest absolute Gasteiger partial charge is 0.594 e. The SMILES string of the molecule is CCCN(CCC)CCNc1nc2ccc3c(c2[n+]([O-])n1)CCC3. The molecule has 1 aliphatic carbocycles. The zero-order chi connectivity index (χ0) is 16.9. The van der Waals surface area contributed by atoms with Gasteiger partial charge in [-0.2, -0.15) is 0 Å². The number of nitrogens with zero attached hydrogens (tertiary/aromatic N) is 4. The van der Waals surface area contributed by atoms with E-state index in [-0.39, 0.29) is 0 Å². The Labute approximate surface area is 143 Å². The number of hydrogen-bond acceptors (Lipinski definition) is 5. The molecule has 0 bridgehead atoms. The number of fused-ring (bicyclic) bond motifs is 3. The summed E-state index contributed by atoms with van der Waals surface area (Å²) in [5, 5.41) is 19.7. The molecule has 0 fully saturated rings. The summed E-state index contributed by atoms with van der Waals surface area (Å²) in [6, 6.07) is 4.05. The summed E-state index contributed by atoms with van der Waals surface area (Å²) in [6.07, 6.45) is 5.42. The summed E-state index contributed by atoms with van der Waals surface area (Å²) >= 11 is 0. The molecular weight excluding hydrogens is 302 g/mol. The van der Waals surface area contributed by atoms with Crippen molar-refractivity contribution in [1.82, 2.24) is 15.0 Å². The van der Waals surface area contributed by atoms with Crippen molar-refractivity contribution in [2.75, 3.05) is 31.5 Å². The highest BCUT2D eigenvalue weighted by Gasteiger charge is 2.22. The third-order valence-corrected chi connectivity index (χ3v) is 4.63. The molecular formula is C18H27N5O. The van der Waals surface area contributed by atoms with E-state index in [4.69, 9.17) is 0 Å². The number of nitrogens with one attached hydrogen (secondary N) is 1. The van der Waals surface area contributed by atoms with E-state index in [1.54, 1.807) is 0 Å². The van der Waals surface area contributed by atoms with Crippen molar-refractivity contribution in [3.8, 4) is 0 Å². The Morgan fingerprint density at radius 1 is 1.17 bits per heavy atom. The smallest absolute Gasteiger partial charge is 0.290 e. The third-order valence-electron chi connectivity index (χ3n) is 4.63. The molecule has 24 heavy (non-hydrogen) atoms. The summed E-state index contributed by atoms with van der Waals surface area (Å²) in [4.78, 5) is 7.72. The Morgan fingerprint density at radius 3 is 2.71 bits per heavy atom. The maximum absolute atomic E-state index is 12.4. The summed E-state index contributed by atoms with van der Waals surface area (Å²) in [6.45, 7) is 8.27. The maximum Gasteiger partial charge on any atom is 0.290 e. The Bertz CT molecular complexity index is 697. The molecule has 2 aromatic rings. The molecule has 0 saturated heterocycles. The molecule has 1 aromatic carbocycles. The molecule has 3 rings (SSSR count). The van der Waals surface area contributed by atoms with Crippen molar-refractivity contribution in [2.24, 2.45) is 0 Å². The highest BCUT2D eigenvalue weighted by Crippen LogP contribution is 2.27. The molecule has 0 radical (unpaired) electrons. The molecule has 1 N–H and O–H groups in total. The Balaban J connectivity index is 1.71. The lowest BCUT2D eigenvalue weighted by Crippen LogP contribution is -2.36. The molecule has 0 atom stereocenters. The first-order valence-corrected chi connectivity index (χ1v) is 9.11. The van der Waals surface area contributed by atoms with E-state index in [9.17, 15) is 5.21 Å². The second kappa shape index (κ2) is 7.75. The molecule has 0 spiro atoms. The van der Waals surface area contributed by atoms with Gasteiger partial charge in [0.15, 0.2) is 0 Å². The average molecular weight is 329 g/mol. The second-order valence-electron chi connectivity index (χ2n) is 6.50. The predicted molar refractivity (Wildman–Crippen MR) is 96.0 cm³/mol. The number of benzene rings is 1. The van der Waals surface area contributed by atoms with E-state index in [0.717, 1.165) is 74.2 Å². The topological polar surface area (TPSA) is 68.0 Å². The van der Waals surface area contributed by atoms with Gasteiger partial charge in [0, 0.05) is 18.7 Å².